The second-order valence-corrected chi connectivity index (χ2v) is 12.3. The molecule has 0 aliphatic carbocycles. The van der Waals surface area contributed by atoms with E-state index in [1.54, 1.807) is 4.90 Å². The van der Waals surface area contributed by atoms with Gasteiger partial charge in [-0.25, -0.2) is 4.79 Å². The molecule has 0 aromatic carbocycles. The molecule has 0 saturated carbocycles. The number of piperazine rings is 1. The largest absolute Gasteiger partial charge is 0.459 e. The molecular formula is C26H46N4O5. The Bertz CT molecular complexity index is 744. The minimum atomic E-state index is -0.477. The van der Waals surface area contributed by atoms with Gasteiger partial charge in [-0.3, -0.25) is 19.4 Å². The van der Waals surface area contributed by atoms with E-state index in [2.05, 4.69) is 9.80 Å². The highest BCUT2D eigenvalue weighted by Crippen LogP contribution is 2.23. The van der Waals surface area contributed by atoms with E-state index in [0.29, 0.717) is 38.1 Å². The maximum atomic E-state index is 12.9. The molecule has 0 atom stereocenters. The average Bonchev–Trinajstić information content (AvgIpc) is 2.73. The number of hydrogen-bond acceptors (Lipinski definition) is 7. The summed E-state index contributed by atoms with van der Waals surface area (Å²) >= 11 is 0. The molecule has 3 heterocycles. The van der Waals surface area contributed by atoms with Crippen molar-refractivity contribution in [3.63, 3.8) is 0 Å². The first-order valence-electron chi connectivity index (χ1n) is 13.2. The van der Waals surface area contributed by atoms with Crippen LogP contribution in [0.5, 0.6) is 0 Å². The lowest BCUT2D eigenvalue weighted by Gasteiger charge is -2.43. The molecule has 3 fully saturated rings. The first-order chi connectivity index (χ1) is 16.3. The topological polar surface area (TPSA) is 82.6 Å². The predicted molar refractivity (Wildman–Crippen MR) is 134 cm³/mol. The Balaban J connectivity index is 1.36. The van der Waals surface area contributed by atoms with Crippen LogP contribution in [-0.4, -0.2) is 114 Å². The number of carbonyl (C=O) groups is 3. The molecule has 9 nitrogen and oxygen atoms in total. The van der Waals surface area contributed by atoms with Crippen LogP contribution >= 0.6 is 0 Å². The van der Waals surface area contributed by atoms with Gasteiger partial charge in [0.1, 0.15) is 11.2 Å². The molecule has 0 unspecified atom stereocenters. The Kier molecular flexibility index (Phi) is 9.07. The first kappa shape index (κ1) is 27.7. The highest BCUT2D eigenvalue weighted by Gasteiger charge is 2.34. The molecule has 0 radical (unpaired) electrons. The summed E-state index contributed by atoms with van der Waals surface area (Å²) in [7, 11) is 0. The van der Waals surface area contributed by atoms with E-state index in [1.165, 1.54) is 0 Å². The molecule has 3 rings (SSSR count). The molecule has 0 N–H and O–H groups in total. The molecule has 35 heavy (non-hydrogen) atoms. The SMILES string of the molecule is CC(C)(C)OC(=O)CN1CCC(N2CCN(CC3CCN(C(=O)OC(C)(C)C)CC3)C(=O)C2)CC1. The number of ether oxygens (including phenoxy) is 2. The number of likely N-dealkylation sites (tertiary alicyclic amines) is 2. The quantitative estimate of drug-likeness (QED) is 0.543. The number of hydrogen-bond donors (Lipinski definition) is 0. The number of esters is 1. The van der Waals surface area contributed by atoms with Gasteiger partial charge in [-0.15, -0.1) is 0 Å². The van der Waals surface area contributed by atoms with Gasteiger partial charge >= 0.3 is 12.1 Å². The fourth-order valence-electron chi connectivity index (χ4n) is 5.17. The van der Waals surface area contributed by atoms with Crippen molar-refractivity contribution in [2.24, 2.45) is 5.92 Å². The molecule has 2 amide bonds. The van der Waals surface area contributed by atoms with Gasteiger partial charge in [0.05, 0.1) is 13.1 Å². The summed E-state index contributed by atoms with van der Waals surface area (Å²) in [4.78, 5) is 45.6. The Labute approximate surface area is 211 Å². The minimum absolute atomic E-state index is 0.170. The van der Waals surface area contributed by atoms with Crippen molar-refractivity contribution in [2.45, 2.75) is 84.5 Å². The van der Waals surface area contributed by atoms with Gasteiger partial charge in [-0.2, -0.15) is 0 Å². The van der Waals surface area contributed by atoms with E-state index in [0.717, 1.165) is 58.4 Å². The van der Waals surface area contributed by atoms with Gasteiger partial charge in [-0.05, 0) is 73.1 Å². The molecule has 0 aromatic heterocycles. The minimum Gasteiger partial charge on any atom is -0.459 e. The second-order valence-electron chi connectivity index (χ2n) is 12.3. The molecule has 0 bridgehead atoms. The van der Waals surface area contributed by atoms with Crippen LogP contribution in [0.3, 0.4) is 0 Å². The number of piperidine rings is 2. The van der Waals surface area contributed by atoms with Crippen LogP contribution in [0.15, 0.2) is 0 Å². The summed E-state index contributed by atoms with van der Waals surface area (Å²) in [6, 6.07) is 0.396. The number of rotatable bonds is 5. The molecular weight excluding hydrogens is 448 g/mol. The number of amides is 2. The Hall–Kier alpha value is -1.87. The predicted octanol–water partition coefficient (Wildman–Crippen LogP) is 2.58. The summed E-state index contributed by atoms with van der Waals surface area (Å²) in [5.74, 6) is 0.471. The van der Waals surface area contributed by atoms with Gasteiger partial charge in [0.15, 0.2) is 0 Å². The van der Waals surface area contributed by atoms with Crippen LogP contribution < -0.4 is 0 Å². The van der Waals surface area contributed by atoms with Crippen molar-refractivity contribution in [1.29, 1.82) is 0 Å². The lowest BCUT2D eigenvalue weighted by Crippen LogP contribution is -2.57. The lowest BCUT2D eigenvalue weighted by atomic mass is 9.95. The summed E-state index contributed by atoms with van der Waals surface area (Å²) in [5, 5.41) is 0. The average molecular weight is 495 g/mol. The monoisotopic (exact) mass is 494 g/mol. The third-order valence-electron chi connectivity index (χ3n) is 6.94. The molecule has 0 aromatic rings. The molecule has 200 valence electrons. The van der Waals surface area contributed by atoms with Gasteiger partial charge < -0.3 is 19.3 Å². The standard InChI is InChI=1S/C26H46N4O5/c1-25(2,3)34-23(32)19-27-11-9-21(10-12-27)29-15-16-30(22(31)18-29)17-20-7-13-28(14-8-20)24(33)35-26(4,5)6/h20-21H,7-19H2,1-6H3. The van der Waals surface area contributed by atoms with E-state index >= 15 is 0 Å². The number of nitrogens with zero attached hydrogens (tertiary/aromatic N) is 4. The summed E-state index contributed by atoms with van der Waals surface area (Å²) < 4.78 is 10.9. The zero-order valence-electron chi connectivity index (χ0n) is 22.7. The molecule has 9 heteroatoms. The third-order valence-corrected chi connectivity index (χ3v) is 6.94. The van der Waals surface area contributed by atoms with Gasteiger partial charge in [0, 0.05) is 51.9 Å². The summed E-state index contributed by atoms with van der Waals surface area (Å²) in [6.07, 6.45) is 3.52. The fourth-order valence-corrected chi connectivity index (χ4v) is 5.17. The van der Waals surface area contributed by atoms with Gasteiger partial charge in [0.2, 0.25) is 5.91 Å². The van der Waals surface area contributed by atoms with Crippen LogP contribution in [0.1, 0.15) is 67.2 Å². The number of carbonyl (C=O) groups excluding carboxylic acids is 3. The van der Waals surface area contributed by atoms with Crippen LogP contribution in [0.2, 0.25) is 0 Å². The maximum Gasteiger partial charge on any atom is 0.410 e. The van der Waals surface area contributed by atoms with Crippen molar-refractivity contribution < 1.29 is 23.9 Å². The van der Waals surface area contributed by atoms with Crippen molar-refractivity contribution in [1.82, 2.24) is 19.6 Å². The van der Waals surface area contributed by atoms with Crippen molar-refractivity contribution in [2.75, 3.05) is 58.9 Å². The highest BCUT2D eigenvalue weighted by atomic mass is 16.6. The fraction of sp³-hybridized carbons (Fsp3) is 0.885. The first-order valence-corrected chi connectivity index (χ1v) is 13.2. The Morgan fingerprint density at radius 3 is 1.97 bits per heavy atom. The second kappa shape index (κ2) is 11.5. The highest BCUT2D eigenvalue weighted by molar-refractivity contribution is 5.79. The van der Waals surface area contributed by atoms with Crippen molar-refractivity contribution in [3.05, 3.63) is 0 Å². The molecule has 3 aliphatic rings. The van der Waals surface area contributed by atoms with Crippen LogP contribution in [0, 0.1) is 5.92 Å². The zero-order chi connectivity index (χ0) is 25.8. The van der Waals surface area contributed by atoms with E-state index in [-0.39, 0.29) is 18.0 Å². The van der Waals surface area contributed by atoms with E-state index < -0.39 is 11.2 Å². The van der Waals surface area contributed by atoms with Crippen molar-refractivity contribution in [3.8, 4) is 0 Å². The smallest absolute Gasteiger partial charge is 0.410 e. The Morgan fingerprint density at radius 2 is 1.43 bits per heavy atom. The van der Waals surface area contributed by atoms with Crippen molar-refractivity contribution >= 4 is 18.0 Å². The summed E-state index contributed by atoms with van der Waals surface area (Å²) in [5.41, 5.74) is -0.931. The van der Waals surface area contributed by atoms with Crippen LogP contribution in [-0.2, 0) is 19.1 Å². The Morgan fingerprint density at radius 1 is 0.829 bits per heavy atom. The lowest BCUT2D eigenvalue weighted by molar-refractivity contribution is -0.156. The molecule has 0 spiro atoms. The van der Waals surface area contributed by atoms with E-state index in [1.807, 2.05) is 46.4 Å². The summed E-state index contributed by atoms with van der Waals surface area (Å²) in [6.45, 7) is 17.7. The molecule has 3 aliphatic heterocycles. The third kappa shape index (κ3) is 8.94. The van der Waals surface area contributed by atoms with Gasteiger partial charge in [0.25, 0.3) is 0 Å². The van der Waals surface area contributed by atoms with Crippen LogP contribution in [0.25, 0.3) is 0 Å². The van der Waals surface area contributed by atoms with E-state index in [9.17, 15) is 14.4 Å². The molecule has 3 saturated heterocycles. The maximum absolute atomic E-state index is 12.9. The normalized spacial score (nSPS) is 22.4. The van der Waals surface area contributed by atoms with Gasteiger partial charge in [-0.1, -0.05) is 0 Å². The zero-order valence-corrected chi connectivity index (χ0v) is 22.7. The van der Waals surface area contributed by atoms with E-state index in [4.69, 9.17) is 9.47 Å². The van der Waals surface area contributed by atoms with Crippen LogP contribution in [0.4, 0.5) is 4.79 Å².